The summed E-state index contributed by atoms with van der Waals surface area (Å²) in [5.41, 5.74) is -0.288. The summed E-state index contributed by atoms with van der Waals surface area (Å²) in [7, 11) is 0. The van der Waals surface area contributed by atoms with Gasteiger partial charge in [0.1, 0.15) is 5.56 Å². The summed E-state index contributed by atoms with van der Waals surface area (Å²) in [6.07, 6.45) is -3.12. The van der Waals surface area contributed by atoms with Gasteiger partial charge in [0.15, 0.2) is 17.2 Å². The summed E-state index contributed by atoms with van der Waals surface area (Å²) in [6, 6.07) is 9.30. The predicted octanol–water partition coefficient (Wildman–Crippen LogP) is 2.55. The molecule has 1 amide bonds. The maximum Gasteiger partial charge on any atom is 0.420 e. The van der Waals surface area contributed by atoms with Crippen LogP contribution in [0.25, 0.3) is 16.6 Å². The molecule has 0 bridgehead atoms. The number of pyridine rings is 1. The first kappa shape index (κ1) is 16.1. The van der Waals surface area contributed by atoms with Crippen molar-refractivity contribution in [3.8, 4) is 0 Å². The predicted molar refractivity (Wildman–Crippen MR) is 85.3 cm³/mol. The van der Waals surface area contributed by atoms with Crippen molar-refractivity contribution >= 4 is 22.5 Å². The number of hydrogen-bond donors (Lipinski definition) is 2. The quantitative estimate of drug-likeness (QED) is 0.588. The Bertz CT molecular complexity index is 1110. The molecule has 4 rings (SSSR count). The highest BCUT2D eigenvalue weighted by Gasteiger charge is 2.34. The molecule has 0 aliphatic heterocycles. The average Bonchev–Trinajstić information content (AvgIpc) is 3.23. The molecule has 0 spiro atoms. The van der Waals surface area contributed by atoms with Crippen LogP contribution >= 0.6 is 0 Å². The van der Waals surface area contributed by atoms with Crippen LogP contribution in [0.3, 0.4) is 0 Å². The van der Waals surface area contributed by atoms with Gasteiger partial charge in [0.2, 0.25) is 0 Å². The number of para-hydroxylation sites is 1. The molecule has 0 atom stereocenters. The molecule has 3 aromatic heterocycles. The van der Waals surface area contributed by atoms with E-state index < -0.39 is 17.6 Å². The van der Waals surface area contributed by atoms with Crippen LogP contribution in [-0.2, 0) is 12.7 Å². The smallest absolute Gasteiger partial charge is 0.343 e. The summed E-state index contributed by atoms with van der Waals surface area (Å²) >= 11 is 0. The van der Waals surface area contributed by atoms with Gasteiger partial charge >= 0.3 is 6.18 Å². The number of halogens is 3. The molecule has 0 aliphatic rings. The number of rotatable bonds is 3. The Morgan fingerprint density at radius 1 is 1.15 bits per heavy atom. The lowest BCUT2D eigenvalue weighted by atomic mass is 10.2. The molecule has 1 aromatic carbocycles. The van der Waals surface area contributed by atoms with E-state index in [1.807, 2.05) is 6.07 Å². The third kappa shape index (κ3) is 2.65. The molecule has 10 heteroatoms. The molecule has 26 heavy (non-hydrogen) atoms. The zero-order valence-corrected chi connectivity index (χ0v) is 13.1. The Morgan fingerprint density at radius 3 is 2.77 bits per heavy atom. The van der Waals surface area contributed by atoms with Crippen molar-refractivity contribution in [2.24, 2.45) is 0 Å². The van der Waals surface area contributed by atoms with Gasteiger partial charge in [-0.15, -0.1) is 10.2 Å². The minimum atomic E-state index is -4.54. The molecule has 0 aliphatic carbocycles. The van der Waals surface area contributed by atoms with Crippen LogP contribution < -0.4 is 5.32 Å². The summed E-state index contributed by atoms with van der Waals surface area (Å²) in [5, 5.41) is 17.3. The van der Waals surface area contributed by atoms with Crippen molar-refractivity contribution in [3.63, 3.8) is 0 Å². The number of carbonyl (C=O) groups excluding carboxylic acids is 1. The molecular weight excluding hydrogens is 349 g/mol. The molecule has 0 saturated heterocycles. The highest BCUT2D eigenvalue weighted by atomic mass is 19.4. The standard InChI is InChI=1S/C16H11F3N6O/c17-16(18,19)10-5-3-7-25-12(22-24-14(10)25)8-20-15(26)13-9-4-1-2-6-11(9)21-23-13/h1-7H,8H2,(H,20,26)(H,21,23). The minimum Gasteiger partial charge on any atom is -0.343 e. The highest BCUT2D eigenvalue weighted by molar-refractivity contribution is 6.04. The fourth-order valence-corrected chi connectivity index (χ4v) is 2.69. The lowest BCUT2D eigenvalue weighted by molar-refractivity contribution is -0.136. The number of aromatic amines is 1. The number of alkyl halides is 3. The van der Waals surface area contributed by atoms with Gasteiger partial charge in [-0.2, -0.15) is 18.3 Å². The largest absolute Gasteiger partial charge is 0.420 e. The Kier molecular flexibility index (Phi) is 3.60. The third-order valence-electron chi connectivity index (χ3n) is 3.90. The maximum absolute atomic E-state index is 13.0. The topological polar surface area (TPSA) is 88.0 Å². The first-order chi connectivity index (χ1) is 12.4. The minimum absolute atomic E-state index is 0.0947. The molecule has 0 fully saturated rings. The van der Waals surface area contributed by atoms with E-state index in [9.17, 15) is 18.0 Å². The van der Waals surface area contributed by atoms with Crippen LogP contribution in [0.5, 0.6) is 0 Å². The molecule has 4 aromatic rings. The summed E-state index contributed by atoms with van der Waals surface area (Å²) in [5.74, 6) is -0.287. The van der Waals surface area contributed by atoms with Gasteiger partial charge in [-0.1, -0.05) is 18.2 Å². The van der Waals surface area contributed by atoms with E-state index in [0.29, 0.717) is 10.9 Å². The molecule has 7 nitrogen and oxygen atoms in total. The second-order valence-corrected chi connectivity index (χ2v) is 5.53. The lowest BCUT2D eigenvalue weighted by Crippen LogP contribution is -2.24. The average molecular weight is 360 g/mol. The van der Waals surface area contributed by atoms with E-state index in [0.717, 1.165) is 6.07 Å². The number of H-pyrrole nitrogens is 1. The van der Waals surface area contributed by atoms with Crippen molar-refractivity contribution in [3.05, 3.63) is 59.7 Å². The van der Waals surface area contributed by atoms with Crippen LogP contribution in [0.4, 0.5) is 13.2 Å². The fraction of sp³-hybridized carbons (Fsp3) is 0.125. The Balaban J connectivity index is 1.59. The molecule has 0 unspecified atom stereocenters. The first-order valence-electron chi connectivity index (χ1n) is 7.56. The van der Waals surface area contributed by atoms with E-state index in [2.05, 4.69) is 25.7 Å². The highest BCUT2D eigenvalue weighted by Crippen LogP contribution is 2.31. The number of fused-ring (bicyclic) bond motifs is 2. The van der Waals surface area contributed by atoms with Gasteiger partial charge in [0.05, 0.1) is 12.1 Å². The van der Waals surface area contributed by atoms with Crippen LogP contribution in [-0.4, -0.2) is 30.7 Å². The van der Waals surface area contributed by atoms with Crippen molar-refractivity contribution in [2.75, 3.05) is 0 Å². The van der Waals surface area contributed by atoms with E-state index in [1.54, 1.807) is 18.2 Å². The Hall–Kier alpha value is -3.43. The van der Waals surface area contributed by atoms with E-state index >= 15 is 0 Å². The molecule has 0 radical (unpaired) electrons. The SMILES string of the molecule is O=C(NCc1nnc2c(C(F)(F)F)cccn12)c1n[nH]c2ccccc12. The Morgan fingerprint density at radius 2 is 1.96 bits per heavy atom. The van der Waals surface area contributed by atoms with Gasteiger partial charge in [-0.3, -0.25) is 14.3 Å². The Labute approximate surface area is 143 Å². The van der Waals surface area contributed by atoms with Crippen LogP contribution in [0.15, 0.2) is 42.6 Å². The van der Waals surface area contributed by atoms with Gasteiger partial charge in [-0.05, 0) is 18.2 Å². The number of benzene rings is 1. The number of hydrogen-bond acceptors (Lipinski definition) is 4. The van der Waals surface area contributed by atoms with E-state index in [-0.39, 0.29) is 23.7 Å². The third-order valence-corrected chi connectivity index (χ3v) is 3.90. The molecule has 132 valence electrons. The lowest BCUT2D eigenvalue weighted by Gasteiger charge is -2.07. The summed E-state index contributed by atoms with van der Waals surface area (Å²) < 4.78 is 40.2. The second-order valence-electron chi connectivity index (χ2n) is 5.53. The number of carbonyl (C=O) groups is 1. The first-order valence-corrected chi connectivity index (χ1v) is 7.56. The normalized spacial score (nSPS) is 12.0. The molecular formula is C16H11F3N6O. The molecule has 0 saturated carbocycles. The number of amides is 1. The fourth-order valence-electron chi connectivity index (χ4n) is 2.69. The zero-order chi connectivity index (χ0) is 18.3. The number of nitrogens with one attached hydrogen (secondary N) is 2. The monoisotopic (exact) mass is 360 g/mol. The van der Waals surface area contributed by atoms with Crippen LogP contribution in [0.1, 0.15) is 21.9 Å². The molecule has 2 N–H and O–H groups in total. The summed E-state index contributed by atoms with van der Waals surface area (Å²) in [4.78, 5) is 12.3. The number of aromatic nitrogens is 5. The zero-order valence-electron chi connectivity index (χ0n) is 13.1. The second kappa shape index (κ2) is 5.83. The van der Waals surface area contributed by atoms with Crippen molar-refractivity contribution in [1.29, 1.82) is 0 Å². The van der Waals surface area contributed by atoms with Crippen molar-refractivity contribution in [1.82, 2.24) is 30.1 Å². The van der Waals surface area contributed by atoms with Gasteiger partial charge < -0.3 is 5.32 Å². The molecule has 3 heterocycles. The van der Waals surface area contributed by atoms with E-state index in [1.165, 1.54) is 16.7 Å². The number of nitrogens with zero attached hydrogens (tertiary/aromatic N) is 4. The summed E-state index contributed by atoms with van der Waals surface area (Å²) in [6.45, 7) is -0.0947. The maximum atomic E-state index is 13.0. The van der Waals surface area contributed by atoms with Gasteiger partial charge in [-0.25, -0.2) is 0 Å². The van der Waals surface area contributed by atoms with Gasteiger partial charge in [0, 0.05) is 11.6 Å². The van der Waals surface area contributed by atoms with Gasteiger partial charge in [0.25, 0.3) is 5.91 Å². The van der Waals surface area contributed by atoms with Crippen molar-refractivity contribution < 1.29 is 18.0 Å². The van der Waals surface area contributed by atoms with Crippen LogP contribution in [0, 0.1) is 0 Å². The van der Waals surface area contributed by atoms with E-state index in [4.69, 9.17) is 0 Å². The van der Waals surface area contributed by atoms with Crippen molar-refractivity contribution in [2.45, 2.75) is 12.7 Å². The van der Waals surface area contributed by atoms with Crippen LogP contribution in [0.2, 0.25) is 0 Å².